The van der Waals surface area contributed by atoms with Crippen molar-refractivity contribution in [3.8, 4) is 12.1 Å². The monoisotopic (exact) mass is 298 g/mol. The molecule has 1 aromatic carbocycles. The van der Waals surface area contributed by atoms with E-state index < -0.39 is 34.0 Å². The number of imide groups is 1. The number of nitro groups is 1. The molecule has 1 aliphatic rings. The molecule has 22 heavy (non-hydrogen) atoms. The van der Waals surface area contributed by atoms with Crippen LogP contribution in [0, 0.1) is 44.6 Å². The molecule has 8 nitrogen and oxygen atoms in total. The van der Waals surface area contributed by atoms with Gasteiger partial charge in [0, 0.05) is 17.5 Å². The Balaban J connectivity index is 2.69. The van der Waals surface area contributed by atoms with Crippen LogP contribution in [0.1, 0.15) is 12.5 Å². The van der Waals surface area contributed by atoms with Crippen molar-refractivity contribution in [2.45, 2.75) is 12.3 Å². The average Bonchev–Trinajstić information content (AvgIpc) is 2.47. The number of hydrogen-bond donors (Lipinski definition) is 1. The topological polar surface area (TPSA) is 137 Å². The molecule has 0 aromatic heterocycles. The molecule has 2 atom stereocenters. The number of non-ortho nitro benzene ring substituents is 1. The molecular formula is C14H10N4O4. The van der Waals surface area contributed by atoms with E-state index in [1.165, 1.54) is 31.2 Å². The van der Waals surface area contributed by atoms with Gasteiger partial charge in [-0.25, -0.2) is 0 Å². The van der Waals surface area contributed by atoms with Gasteiger partial charge in [0.15, 0.2) is 0 Å². The lowest BCUT2D eigenvalue weighted by molar-refractivity contribution is -0.385. The number of nitriles is 2. The van der Waals surface area contributed by atoms with Crippen molar-refractivity contribution in [2.75, 3.05) is 0 Å². The van der Waals surface area contributed by atoms with E-state index in [9.17, 15) is 30.2 Å². The third-order valence-corrected chi connectivity index (χ3v) is 3.91. The number of benzene rings is 1. The van der Waals surface area contributed by atoms with Crippen molar-refractivity contribution in [3.63, 3.8) is 0 Å². The van der Waals surface area contributed by atoms with E-state index in [1.807, 2.05) is 5.32 Å². The number of nitrogens with one attached hydrogen (secondary N) is 1. The van der Waals surface area contributed by atoms with E-state index in [2.05, 4.69) is 0 Å². The molecule has 2 unspecified atom stereocenters. The van der Waals surface area contributed by atoms with E-state index in [4.69, 9.17) is 0 Å². The first-order valence-electron chi connectivity index (χ1n) is 6.25. The summed E-state index contributed by atoms with van der Waals surface area (Å²) < 4.78 is 0. The minimum atomic E-state index is -1.46. The Morgan fingerprint density at radius 2 is 1.77 bits per heavy atom. The van der Waals surface area contributed by atoms with Crippen LogP contribution in [0.5, 0.6) is 0 Å². The van der Waals surface area contributed by atoms with Gasteiger partial charge in [-0.05, 0) is 5.56 Å². The second-order valence-electron chi connectivity index (χ2n) is 5.07. The summed E-state index contributed by atoms with van der Waals surface area (Å²) in [5, 5.41) is 31.4. The summed E-state index contributed by atoms with van der Waals surface area (Å²) in [7, 11) is 0. The summed E-state index contributed by atoms with van der Waals surface area (Å²) in [5.41, 5.74) is -1.48. The van der Waals surface area contributed by atoms with Gasteiger partial charge < -0.3 is 0 Å². The molecule has 0 bridgehead atoms. The van der Waals surface area contributed by atoms with Gasteiger partial charge in [-0.15, -0.1) is 0 Å². The van der Waals surface area contributed by atoms with E-state index in [-0.39, 0.29) is 11.3 Å². The number of amides is 2. The molecule has 1 N–H and O–H groups in total. The molecule has 2 rings (SSSR count). The minimum Gasteiger partial charge on any atom is -0.294 e. The fraction of sp³-hybridized carbons (Fsp3) is 0.286. The molecule has 110 valence electrons. The summed E-state index contributed by atoms with van der Waals surface area (Å²) in [6.45, 7) is 1.42. The predicted molar refractivity (Wildman–Crippen MR) is 71.8 cm³/mol. The molecule has 1 heterocycles. The van der Waals surface area contributed by atoms with Crippen LogP contribution in [0.2, 0.25) is 0 Å². The number of carbonyl (C=O) groups excluding carboxylic acids is 2. The smallest absolute Gasteiger partial charge is 0.269 e. The van der Waals surface area contributed by atoms with Crippen LogP contribution in [-0.4, -0.2) is 16.7 Å². The molecule has 0 aliphatic carbocycles. The Hall–Kier alpha value is -3.26. The molecule has 0 saturated carbocycles. The number of nitrogens with zero attached hydrogens (tertiary/aromatic N) is 3. The standard InChI is InChI=1S/C14H10N4O4/c1-14(8-3-2-4-9(5-8)18(21)22)10(6-15)12(19)17-13(20)11(14)7-16/h2-5,10-11H,1H3,(H,17,19,20). The van der Waals surface area contributed by atoms with Crippen molar-refractivity contribution >= 4 is 17.5 Å². The molecule has 1 fully saturated rings. The summed E-state index contributed by atoms with van der Waals surface area (Å²) in [4.78, 5) is 34.1. The number of rotatable bonds is 2. The predicted octanol–water partition coefficient (Wildman–Crippen LogP) is 0.788. The molecule has 1 aromatic rings. The fourth-order valence-electron chi connectivity index (χ4n) is 2.65. The maximum atomic E-state index is 11.9. The fourth-order valence-corrected chi connectivity index (χ4v) is 2.65. The van der Waals surface area contributed by atoms with Gasteiger partial charge in [0.1, 0.15) is 11.8 Å². The second kappa shape index (κ2) is 5.26. The molecule has 1 aliphatic heterocycles. The third-order valence-electron chi connectivity index (χ3n) is 3.91. The number of nitro benzene ring substituents is 1. The Bertz CT molecular complexity index is 727. The van der Waals surface area contributed by atoms with Crippen LogP contribution in [0.4, 0.5) is 5.69 Å². The molecular weight excluding hydrogens is 288 g/mol. The van der Waals surface area contributed by atoms with Gasteiger partial charge >= 0.3 is 0 Å². The highest BCUT2D eigenvalue weighted by Gasteiger charge is 2.54. The minimum absolute atomic E-state index is 0.225. The Kier molecular flexibility index (Phi) is 3.62. The highest BCUT2D eigenvalue weighted by Crippen LogP contribution is 2.42. The van der Waals surface area contributed by atoms with Gasteiger partial charge in [-0.3, -0.25) is 25.0 Å². The lowest BCUT2D eigenvalue weighted by atomic mass is 9.62. The maximum absolute atomic E-state index is 11.9. The molecule has 1 saturated heterocycles. The van der Waals surface area contributed by atoms with Gasteiger partial charge in [-0.2, -0.15) is 10.5 Å². The molecule has 0 spiro atoms. The van der Waals surface area contributed by atoms with E-state index >= 15 is 0 Å². The van der Waals surface area contributed by atoms with Crippen LogP contribution in [0.25, 0.3) is 0 Å². The highest BCUT2D eigenvalue weighted by molar-refractivity contribution is 6.04. The van der Waals surface area contributed by atoms with Crippen molar-refractivity contribution in [3.05, 3.63) is 39.9 Å². The quantitative estimate of drug-likeness (QED) is 0.486. The van der Waals surface area contributed by atoms with E-state index in [0.717, 1.165) is 0 Å². The van der Waals surface area contributed by atoms with Crippen molar-refractivity contribution in [1.82, 2.24) is 5.32 Å². The zero-order valence-electron chi connectivity index (χ0n) is 11.4. The first kappa shape index (κ1) is 15.1. The first-order chi connectivity index (χ1) is 10.4. The maximum Gasteiger partial charge on any atom is 0.269 e. The summed E-state index contributed by atoms with van der Waals surface area (Å²) in [6.07, 6.45) is 0. The first-order valence-corrected chi connectivity index (χ1v) is 6.25. The van der Waals surface area contributed by atoms with Crippen molar-refractivity contribution in [1.29, 1.82) is 10.5 Å². The summed E-state index contributed by atoms with van der Waals surface area (Å²) in [6, 6.07) is 8.87. The number of carbonyl (C=O) groups is 2. The number of hydrogen-bond acceptors (Lipinski definition) is 6. The Morgan fingerprint density at radius 3 is 2.23 bits per heavy atom. The van der Waals surface area contributed by atoms with Crippen LogP contribution in [-0.2, 0) is 15.0 Å². The van der Waals surface area contributed by atoms with Crippen molar-refractivity contribution < 1.29 is 14.5 Å². The summed E-state index contributed by atoms with van der Waals surface area (Å²) >= 11 is 0. The molecule has 2 amide bonds. The number of piperidine rings is 1. The zero-order chi connectivity index (χ0) is 16.5. The Labute approximate surface area is 125 Å². The normalized spacial score (nSPS) is 27.4. The largest absolute Gasteiger partial charge is 0.294 e. The lowest BCUT2D eigenvalue weighted by Gasteiger charge is -2.39. The average molecular weight is 298 g/mol. The van der Waals surface area contributed by atoms with Gasteiger partial charge in [-0.1, -0.05) is 19.1 Å². The molecule has 8 heteroatoms. The summed E-state index contributed by atoms with van der Waals surface area (Å²) in [5.74, 6) is -4.24. The van der Waals surface area contributed by atoms with Gasteiger partial charge in [0.05, 0.1) is 17.1 Å². The van der Waals surface area contributed by atoms with E-state index in [1.54, 1.807) is 12.1 Å². The van der Waals surface area contributed by atoms with Crippen LogP contribution in [0.3, 0.4) is 0 Å². The molecule has 0 radical (unpaired) electrons. The Morgan fingerprint density at radius 1 is 1.23 bits per heavy atom. The van der Waals surface area contributed by atoms with Crippen molar-refractivity contribution in [2.24, 2.45) is 11.8 Å². The van der Waals surface area contributed by atoms with Gasteiger partial charge in [0.2, 0.25) is 11.8 Å². The lowest BCUT2D eigenvalue weighted by Crippen LogP contribution is -2.58. The van der Waals surface area contributed by atoms with Crippen LogP contribution in [0.15, 0.2) is 24.3 Å². The van der Waals surface area contributed by atoms with Gasteiger partial charge in [0.25, 0.3) is 5.69 Å². The van der Waals surface area contributed by atoms with Crippen LogP contribution >= 0.6 is 0 Å². The van der Waals surface area contributed by atoms with E-state index in [0.29, 0.717) is 0 Å². The SMILES string of the molecule is CC1(c2cccc([N+](=O)[O-])c2)C(C#N)C(=O)NC(=O)C1C#N. The second-order valence-corrected chi connectivity index (χ2v) is 5.07. The highest BCUT2D eigenvalue weighted by atomic mass is 16.6. The zero-order valence-corrected chi connectivity index (χ0v) is 11.4. The third kappa shape index (κ3) is 2.07. The van der Waals surface area contributed by atoms with Crippen LogP contribution < -0.4 is 5.32 Å².